The third-order valence-corrected chi connectivity index (χ3v) is 6.94. The van der Waals surface area contributed by atoms with E-state index in [2.05, 4.69) is 20.0 Å². The molecule has 78 valence electrons. The van der Waals surface area contributed by atoms with Crippen molar-refractivity contribution in [1.29, 1.82) is 0 Å². The third kappa shape index (κ3) is 3.40. The van der Waals surface area contributed by atoms with Gasteiger partial charge in [0.2, 0.25) is 0 Å². The molecule has 5 heteroatoms. The summed E-state index contributed by atoms with van der Waals surface area (Å²) >= 11 is 0. The molecule has 1 unspecified atom stereocenters. The van der Waals surface area contributed by atoms with Crippen LogP contribution in [0.15, 0.2) is 0 Å². The minimum atomic E-state index is -2.78. The van der Waals surface area contributed by atoms with Gasteiger partial charge in [-0.25, -0.2) is 8.42 Å². The highest BCUT2D eigenvalue weighted by Gasteiger charge is 2.33. The summed E-state index contributed by atoms with van der Waals surface area (Å²) in [5.74, 6) is 0.551. The molecule has 0 spiro atoms. The molecule has 1 atom stereocenters. The van der Waals surface area contributed by atoms with Crippen molar-refractivity contribution in [1.82, 2.24) is 0 Å². The molecule has 0 saturated carbocycles. The van der Waals surface area contributed by atoms with Gasteiger partial charge in [0.25, 0.3) is 0 Å². The normalized spacial score (nSPS) is 27.8. The Morgan fingerprint density at radius 3 is 2.46 bits per heavy atom. The first-order valence-electron chi connectivity index (χ1n) is 4.73. The molecule has 0 N–H and O–H groups in total. The Balaban J connectivity index is 2.50. The van der Waals surface area contributed by atoms with Crippen LogP contribution in [0.5, 0.6) is 0 Å². The topological polar surface area (TPSA) is 43.4 Å². The summed E-state index contributed by atoms with van der Waals surface area (Å²) in [4.78, 5) is 0. The van der Waals surface area contributed by atoms with E-state index in [-0.39, 0.29) is 11.9 Å². The van der Waals surface area contributed by atoms with E-state index in [0.29, 0.717) is 12.2 Å². The van der Waals surface area contributed by atoms with Crippen molar-refractivity contribution in [2.75, 3.05) is 11.5 Å². The lowest BCUT2D eigenvalue weighted by Gasteiger charge is -2.24. The number of hydrogen-bond acceptors (Lipinski definition) is 3. The van der Waals surface area contributed by atoms with E-state index in [0.717, 1.165) is 6.04 Å². The van der Waals surface area contributed by atoms with E-state index in [1.807, 2.05) is 0 Å². The molecule has 3 nitrogen and oxygen atoms in total. The van der Waals surface area contributed by atoms with Gasteiger partial charge in [0.1, 0.15) is 0 Å². The summed E-state index contributed by atoms with van der Waals surface area (Å²) in [5, 5.41) is 0. The van der Waals surface area contributed by atoms with Crippen LogP contribution in [-0.4, -0.2) is 34.3 Å². The van der Waals surface area contributed by atoms with Crippen LogP contribution in [0.1, 0.15) is 13.3 Å². The van der Waals surface area contributed by atoms with Crippen LogP contribution in [0.3, 0.4) is 0 Å². The Hall–Kier alpha value is 0.127. The van der Waals surface area contributed by atoms with Gasteiger partial charge in [-0.05, 0) is 25.6 Å². The van der Waals surface area contributed by atoms with E-state index in [1.165, 1.54) is 0 Å². The van der Waals surface area contributed by atoms with E-state index >= 15 is 0 Å². The maximum atomic E-state index is 11.2. The summed E-state index contributed by atoms with van der Waals surface area (Å²) < 4.78 is 28.1. The maximum Gasteiger partial charge on any atom is 0.186 e. The van der Waals surface area contributed by atoms with Crippen LogP contribution >= 0.6 is 0 Å². The molecule has 1 heterocycles. The molecular formula is C8H18O3SSi. The van der Waals surface area contributed by atoms with Crippen molar-refractivity contribution in [3.63, 3.8) is 0 Å². The zero-order valence-electron chi connectivity index (χ0n) is 8.54. The van der Waals surface area contributed by atoms with Crippen molar-refractivity contribution in [3.8, 4) is 0 Å². The highest BCUT2D eigenvalue weighted by atomic mass is 32.2. The van der Waals surface area contributed by atoms with Gasteiger partial charge in [-0.15, -0.1) is 0 Å². The van der Waals surface area contributed by atoms with Gasteiger partial charge in [-0.1, -0.05) is 6.92 Å². The third-order valence-electron chi connectivity index (χ3n) is 2.53. The van der Waals surface area contributed by atoms with Gasteiger partial charge in [0, 0.05) is 0 Å². The summed E-state index contributed by atoms with van der Waals surface area (Å²) in [5.41, 5.74) is 0. The fraction of sp³-hybridized carbons (Fsp3) is 1.00. The highest BCUT2D eigenvalue weighted by Crippen LogP contribution is 2.21. The zero-order valence-corrected chi connectivity index (χ0v) is 10.4. The molecule has 1 aliphatic rings. The molecule has 0 aromatic heterocycles. The molecule has 1 aliphatic heterocycles. The molecule has 13 heavy (non-hydrogen) atoms. The first-order chi connectivity index (χ1) is 5.85. The fourth-order valence-corrected chi connectivity index (χ4v) is 4.37. The quantitative estimate of drug-likeness (QED) is 0.678. The molecule has 0 amide bonds. The van der Waals surface area contributed by atoms with Crippen molar-refractivity contribution in [2.24, 2.45) is 0 Å². The molecule has 0 aliphatic carbocycles. The van der Waals surface area contributed by atoms with Crippen LogP contribution in [-0.2, 0) is 14.3 Å². The fourth-order valence-electron chi connectivity index (χ4n) is 1.39. The summed E-state index contributed by atoms with van der Waals surface area (Å²) in [6.45, 7) is 6.38. The monoisotopic (exact) mass is 222 g/mol. The Morgan fingerprint density at radius 2 is 2.08 bits per heavy atom. The maximum absolute atomic E-state index is 11.2. The molecule has 1 rings (SSSR count). The lowest BCUT2D eigenvalue weighted by molar-refractivity contribution is 0.218. The van der Waals surface area contributed by atoms with Crippen LogP contribution in [0.2, 0.25) is 19.1 Å². The van der Waals surface area contributed by atoms with Crippen molar-refractivity contribution < 1.29 is 12.8 Å². The second kappa shape index (κ2) is 3.71. The largest absolute Gasteiger partial charge is 0.413 e. The van der Waals surface area contributed by atoms with E-state index in [4.69, 9.17) is 4.43 Å². The van der Waals surface area contributed by atoms with Crippen LogP contribution in [0, 0.1) is 0 Å². The van der Waals surface area contributed by atoms with Gasteiger partial charge < -0.3 is 4.43 Å². The van der Waals surface area contributed by atoms with Crippen molar-refractivity contribution in [2.45, 2.75) is 38.6 Å². The van der Waals surface area contributed by atoms with Gasteiger partial charge in [-0.3, -0.25) is 0 Å². The predicted molar refractivity (Wildman–Crippen MR) is 56.1 cm³/mol. The first-order valence-corrected chi connectivity index (χ1v) is 9.66. The van der Waals surface area contributed by atoms with Crippen LogP contribution in [0.4, 0.5) is 0 Å². The zero-order chi connectivity index (χ0) is 10.1. The Labute approximate surface area is 81.5 Å². The number of sulfone groups is 1. The van der Waals surface area contributed by atoms with Gasteiger partial charge in [0.15, 0.2) is 18.2 Å². The smallest absolute Gasteiger partial charge is 0.186 e. The predicted octanol–water partition coefficient (Wildman–Crippen LogP) is 1.42. The second-order valence-electron chi connectivity index (χ2n) is 4.26. The van der Waals surface area contributed by atoms with E-state index < -0.39 is 18.2 Å². The lowest BCUT2D eigenvalue weighted by atomic mass is 10.3. The first kappa shape index (κ1) is 11.2. The van der Waals surface area contributed by atoms with Gasteiger partial charge in [-0.2, -0.15) is 0 Å². The molecule has 0 bridgehead atoms. The Morgan fingerprint density at radius 1 is 1.46 bits per heavy atom. The lowest BCUT2D eigenvalue weighted by Crippen LogP contribution is -2.35. The summed E-state index contributed by atoms with van der Waals surface area (Å²) in [6.07, 6.45) is 0.672. The molecule has 1 saturated heterocycles. The Kier molecular flexibility index (Phi) is 3.19. The van der Waals surface area contributed by atoms with Crippen LogP contribution in [0.25, 0.3) is 0 Å². The van der Waals surface area contributed by atoms with Crippen molar-refractivity contribution >= 4 is 18.2 Å². The van der Waals surface area contributed by atoms with Crippen molar-refractivity contribution in [3.05, 3.63) is 0 Å². The minimum Gasteiger partial charge on any atom is -0.413 e. The van der Waals surface area contributed by atoms with E-state index in [9.17, 15) is 8.42 Å². The highest BCUT2D eigenvalue weighted by molar-refractivity contribution is 7.91. The standard InChI is InChI=1S/C8H18O3SSi/c1-4-13(2,3)11-8-5-6-12(9,10)7-8/h8H,4-7H2,1-3H3. The molecule has 0 aromatic rings. The minimum absolute atomic E-state index is 0.0217. The summed E-state index contributed by atoms with van der Waals surface area (Å²) in [6, 6.07) is 1.05. The average Bonchev–Trinajstić information content (AvgIpc) is 2.29. The van der Waals surface area contributed by atoms with Crippen LogP contribution < -0.4 is 0 Å². The average molecular weight is 222 g/mol. The molecular weight excluding hydrogens is 204 g/mol. The molecule has 0 radical (unpaired) electrons. The van der Waals surface area contributed by atoms with E-state index in [1.54, 1.807) is 0 Å². The SMILES string of the molecule is CC[Si](C)(C)OC1CCS(=O)(=O)C1. The second-order valence-corrected chi connectivity index (χ2v) is 10.9. The molecule has 0 aromatic carbocycles. The van der Waals surface area contributed by atoms with Gasteiger partial charge in [0.05, 0.1) is 17.6 Å². The van der Waals surface area contributed by atoms with Gasteiger partial charge >= 0.3 is 0 Å². The summed E-state index contributed by atoms with van der Waals surface area (Å²) in [7, 11) is -4.35. The number of rotatable bonds is 3. The molecule has 1 fully saturated rings. The number of hydrogen-bond donors (Lipinski definition) is 0. The Bertz CT molecular complexity index is 271.